The van der Waals surface area contributed by atoms with Crippen LogP contribution in [0.15, 0.2) is 12.5 Å². The van der Waals surface area contributed by atoms with Gasteiger partial charge in [-0.2, -0.15) is 8.78 Å². The Hall–Kier alpha value is -0.930. The van der Waals surface area contributed by atoms with E-state index in [-0.39, 0.29) is 5.69 Å². The van der Waals surface area contributed by atoms with Gasteiger partial charge in [-0.3, -0.25) is 0 Å². The highest BCUT2D eigenvalue weighted by Gasteiger charge is 2.37. The molecule has 4 heteroatoms. The van der Waals surface area contributed by atoms with Gasteiger partial charge in [-0.05, 0) is 0 Å². The molecule has 0 bridgehead atoms. The summed E-state index contributed by atoms with van der Waals surface area (Å²) in [6.45, 7) is 2.93. The highest BCUT2D eigenvalue weighted by atomic mass is 19.3. The monoisotopic (exact) mass is 160 g/mol. The number of nitrogens with one attached hydrogen (secondary N) is 1. The summed E-state index contributed by atoms with van der Waals surface area (Å²) in [6, 6.07) is 0. The number of hydrogen-bond donors (Lipinski definition) is 1. The van der Waals surface area contributed by atoms with Crippen LogP contribution >= 0.6 is 0 Å². The summed E-state index contributed by atoms with van der Waals surface area (Å²) in [5.41, 5.74) is -0.187. The van der Waals surface area contributed by atoms with Gasteiger partial charge in [0.1, 0.15) is 5.69 Å². The minimum absolute atomic E-state index is 0.187. The largest absolute Gasteiger partial charge is 0.351 e. The van der Waals surface area contributed by atoms with Crippen LogP contribution in [0.3, 0.4) is 0 Å². The van der Waals surface area contributed by atoms with Gasteiger partial charge in [-0.1, -0.05) is 13.8 Å². The van der Waals surface area contributed by atoms with Crippen molar-refractivity contribution < 1.29 is 8.78 Å². The van der Waals surface area contributed by atoms with Crippen molar-refractivity contribution in [1.82, 2.24) is 9.97 Å². The van der Waals surface area contributed by atoms with Crippen LogP contribution in [-0.4, -0.2) is 9.97 Å². The van der Waals surface area contributed by atoms with Crippen LogP contribution in [0.2, 0.25) is 0 Å². The molecule has 0 aliphatic carbocycles. The topological polar surface area (TPSA) is 28.7 Å². The number of aromatic nitrogens is 2. The number of halogens is 2. The smallest absolute Gasteiger partial charge is 0.293 e. The van der Waals surface area contributed by atoms with Crippen LogP contribution < -0.4 is 0 Å². The molecule has 0 radical (unpaired) electrons. The van der Waals surface area contributed by atoms with Gasteiger partial charge in [0.25, 0.3) is 5.92 Å². The van der Waals surface area contributed by atoms with E-state index >= 15 is 0 Å². The third-order valence-electron chi connectivity index (χ3n) is 1.56. The van der Waals surface area contributed by atoms with Crippen molar-refractivity contribution in [2.45, 2.75) is 19.8 Å². The molecule has 0 amide bonds. The van der Waals surface area contributed by atoms with E-state index in [1.165, 1.54) is 26.4 Å². The van der Waals surface area contributed by atoms with E-state index in [0.717, 1.165) is 0 Å². The number of rotatable bonds is 2. The molecule has 11 heavy (non-hydrogen) atoms. The molecular formula is C7H10F2N2. The molecule has 0 aliphatic heterocycles. The van der Waals surface area contributed by atoms with E-state index in [0.29, 0.717) is 0 Å². The van der Waals surface area contributed by atoms with Crippen LogP contribution in [0.25, 0.3) is 0 Å². The Labute approximate surface area is 63.7 Å². The Kier molecular flexibility index (Phi) is 1.93. The Morgan fingerprint density at radius 1 is 1.55 bits per heavy atom. The van der Waals surface area contributed by atoms with Crippen LogP contribution in [0, 0.1) is 5.92 Å². The van der Waals surface area contributed by atoms with Gasteiger partial charge in [-0.25, -0.2) is 4.98 Å². The van der Waals surface area contributed by atoms with E-state index in [4.69, 9.17) is 0 Å². The first-order chi connectivity index (χ1) is 5.05. The molecule has 1 aromatic heterocycles. The lowest BCUT2D eigenvalue weighted by Gasteiger charge is -2.17. The molecule has 0 spiro atoms. The maximum atomic E-state index is 13.0. The summed E-state index contributed by atoms with van der Waals surface area (Å²) in [5.74, 6) is -3.54. The third kappa shape index (κ3) is 1.39. The van der Waals surface area contributed by atoms with Crippen molar-refractivity contribution in [3.63, 3.8) is 0 Å². The maximum absolute atomic E-state index is 13.0. The highest BCUT2D eigenvalue weighted by molar-refractivity contribution is 5.04. The molecule has 0 saturated heterocycles. The molecule has 0 saturated carbocycles. The Morgan fingerprint density at radius 2 is 2.18 bits per heavy atom. The van der Waals surface area contributed by atoms with Gasteiger partial charge in [0.2, 0.25) is 0 Å². The lowest BCUT2D eigenvalue weighted by molar-refractivity contribution is -0.0550. The van der Waals surface area contributed by atoms with Crippen molar-refractivity contribution in [1.29, 1.82) is 0 Å². The lowest BCUT2D eigenvalue weighted by atomic mass is 10.0. The second-order valence-electron chi connectivity index (χ2n) is 2.73. The molecule has 0 aliphatic rings. The number of nitrogens with zero attached hydrogens (tertiary/aromatic N) is 1. The summed E-state index contributed by atoms with van der Waals surface area (Å²) in [6.07, 6.45) is 2.48. The third-order valence-corrected chi connectivity index (χ3v) is 1.56. The molecule has 1 N–H and O–H groups in total. The van der Waals surface area contributed by atoms with Crippen LogP contribution in [0.4, 0.5) is 8.78 Å². The fourth-order valence-corrected chi connectivity index (χ4v) is 0.738. The Balaban J connectivity index is 2.90. The van der Waals surface area contributed by atoms with Gasteiger partial charge in [0.15, 0.2) is 0 Å². The summed E-state index contributed by atoms with van der Waals surface area (Å²) in [7, 11) is 0. The number of H-pyrrole nitrogens is 1. The predicted octanol–water partition coefficient (Wildman–Crippen LogP) is 2.16. The minimum atomic E-state index is -2.82. The van der Waals surface area contributed by atoms with Crippen LogP contribution in [-0.2, 0) is 5.92 Å². The van der Waals surface area contributed by atoms with E-state index in [9.17, 15) is 8.78 Å². The van der Waals surface area contributed by atoms with Crippen molar-refractivity contribution >= 4 is 0 Å². The average molecular weight is 160 g/mol. The molecule has 1 heterocycles. The van der Waals surface area contributed by atoms with Crippen molar-refractivity contribution in [3.05, 3.63) is 18.2 Å². The van der Waals surface area contributed by atoms with Gasteiger partial charge < -0.3 is 4.98 Å². The molecule has 0 unspecified atom stereocenters. The van der Waals surface area contributed by atoms with Gasteiger partial charge in [-0.15, -0.1) is 0 Å². The summed E-state index contributed by atoms with van der Waals surface area (Å²) < 4.78 is 26.1. The normalized spacial score (nSPS) is 12.5. The van der Waals surface area contributed by atoms with Crippen LogP contribution in [0.5, 0.6) is 0 Å². The summed E-state index contributed by atoms with van der Waals surface area (Å²) in [4.78, 5) is 6.00. The van der Waals surface area contributed by atoms with Crippen LogP contribution in [0.1, 0.15) is 19.5 Å². The zero-order valence-electron chi connectivity index (χ0n) is 6.44. The van der Waals surface area contributed by atoms with E-state index < -0.39 is 11.8 Å². The number of hydrogen-bond acceptors (Lipinski definition) is 1. The molecule has 2 nitrogen and oxygen atoms in total. The fraction of sp³-hybridized carbons (Fsp3) is 0.571. The predicted molar refractivity (Wildman–Crippen MR) is 37.3 cm³/mol. The quantitative estimate of drug-likeness (QED) is 0.705. The van der Waals surface area contributed by atoms with Crippen molar-refractivity contribution in [3.8, 4) is 0 Å². The number of imidazole rings is 1. The zero-order chi connectivity index (χ0) is 8.48. The Morgan fingerprint density at radius 3 is 2.55 bits per heavy atom. The summed E-state index contributed by atoms with van der Waals surface area (Å²) in [5, 5.41) is 0. The van der Waals surface area contributed by atoms with Crippen molar-refractivity contribution in [2.75, 3.05) is 0 Å². The first-order valence-corrected chi connectivity index (χ1v) is 3.42. The second-order valence-corrected chi connectivity index (χ2v) is 2.73. The standard InChI is InChI=1S/C7H10F2N2/c1-5(2)7(8,9)6-3-10-4-11-6/h3-5H,1-2H3,(H,10,11). The SMILES string of the molecule is CC(C)C(F)(F)c1c[nH]cn1. The number of aromatic amines is 1. The van der Waals surface area contributed by atoms with E-state index in [2.05, 4.69) is 9.97 Å². The van der Waals surface area contributed by atoms with Gasteiger partial charge in [0.05, 0.1) is 6.33 Å². The number of alkyl halides is 2. The van der Waals surface area contributed by atoms with Gasteiger partial charge >= 0.3 is 0 Å². The van der Waals surface area contributed by atoms with Gasteiger partial charge in [0, 0.05) is 12.1 Å². The summed E-state index contributed by atoms with van der Waals surface area (Å²) >= 11 is 0. The molecular weight excluding hydrogens is 150 g/mol. The van der Waals surface area contributed by atoms with E-state index in [1.54, 1.807) is 0 Å². The molecule has 62 valence electrons. The van der Waals surface area contributed by atoms with Crippen molar-refractivity contribution in [2.24, 2.45) is 5.92 Å². The maximum Gasteiger partial charge on any atom is 0.293 e. The fourth-order valence-electron chi connectivity index (χ4n) is 0.738. The first kappa shape index (κ1) is 8.17. The molecule has 1 rings (SSSR count). The highest BCUT2D eigenvalue weighted by Crippen LogP contribution is 2.33. The molecule has 0 aromatic carbocycles. The lowest BCUT2D eigenvalue weighted by Crippen LogP contribution is -2.21. The average Bonchev–Trinajstić information content (AvgIpc) is 2.37. The van der Waals surface area contributed by atoms with E-state index in [1.807, 2.05) is 0 Å². The Bertz CT molecular complexity index is 216. The molecule has 0 fully saturated rings. The first-order valence-electron chi connectivity index (χ1n) is 3.42. The zero-order valence-corrected chi connectivity index (χ0v) is 6.44. The molecule has 0 atom stereocenters. The minimum Gasteiger partial charge on any atom is -0.351 e. The molecule has 1 aromatic rings. The second kappa shape index (κ2) is 2.60.